The van der Waals surface area contributed by atoms with Gasteiger partial charge in [-0.2, -0.15) is 5.10 Å². The first-order valence-electron chi connectivity index (χ1n) is 5.32. The van der Waals surface area contributed by atoms with Gasteiger partial charge in [0.1, 0.15) is 5.60 Å². The molecule has 0 fully saturated rings. The fourth-order valence-electron chi connectivity index (χ4n) is 1.26. The number of rotatable bonds is 4. The van der Waals surface area contributed by atoms with Crippen molar-refractivity contribution < 1.29 is 9.90 Å². The monoisotopic (exact) mass is 225 g/mol. The lowest BCUT2D eigenvalue weighted by Crippen LogP contribution is -2.40. The summed E-state index contributed by atoms with van der Waals surface area (Å²) in [6.07, 6.45) is 3.34. The van der Waals surface area contributed by atoms with Gasteiger partial charge in [0.2, 0.25) is 5.91 Å². The van der Waals surface area contributed by atoms with E-state index in [1.165, 1.54) is 0 Å². The van der Waals surface area contributed by atoms with Crippen LogP contribution >= 0.6 is 0 Å². The molecule has 1 aromatic rings. The maximum absolute atomic E-state index is 11.4. The van der Waals surface area contributed by atoms with Crippen molar-refractivity contribution in [2.24, 2.45) is 13.0 Å². The standard InChI is InChI=1S/C11H19N3O2/c1-8(2)10(15)12-7-11(3,16)9-5-13-14(4)6-9/h5-6,8,16H,7H2,1-4H3,(H,12,15). The predicted octanol–water partition coefficient (Wildman–Crippen LogP) is 0.400. The summed E-state index contributed by atoms with van der Waals surface area (Å²) in [6, 6.07) is 0. The van der Waals surface area contributed by atoms with Crippen LogP contribution in [0.5, 0.6) is 0 Å². The molecule has 0 aliphatic heterocycles. The molecule has 2 N–H and O–H groups in total. The van der Waals surface area contributed by atoms with E-state index in [1.54, 1.807) is 31.0 Å². The van der Waals surface area contributed by atoms with Crippen molar-refractivity contribution >= 4 is 5.91 Å². The van der Waals surface area contributed by atoms with Crippen molar-refractivity contribution in [1.29, 1.82) is 0 Å². The maximum Gasteiger partial charge on any atom is 0.222 e. The highest BCUT2D eigenvalue weighted by Gasteiger charge is 2.25. The second-order valence-electron chi connectivity index (χ2n) is 4.55. The number of aryl methyl sites for hydroxylation is 1. The fraction of sp³-hybridized carbons (Fsp3) is 0.636. The van der Waals surface area contributed by atoms with E-state index in [4.69, 9.17) is 0 Å². The van der Waals surface area contributed by atoms with Gasteiger partial charge in [-0.3, -0.25) is 9.48 Å². The summed E-state index contributed by atoms with van der Waals surface area (Å²) in [5, 5.41) is 16.9. The summed E-state index contributed by atoms with van der Waals surface area (Å²) >= 11 is 0. The second-order valence-corrected chi connectivity index (χ2v) is 4.55. The second kappa shape index (κ2) is 4.65. The molecule has 0 aliphatic rings. The van der Waals surface area contributed by atoms with Crippen molar-refractivity contribution in [1.82, 2.24) is 15.1 Å². The number of nitrogens with zero attached hydrogens (tertiary/aromatic N) is 2. The minimum atomic E-state index is -1.08. The number of aliphatic hydroxyl groups is 1. The third-order valence-corrected chi connectivity index (χ3v) is 2.46. The van der Waals surface area contributed by atoms with Gasteiger partial charge in [-0.25, -0.2) is 0 Å². The Hall–Kier alpha value is -1.36. The lowest BCUT2D eigenvalue weighted by Gasteiger charge is -2.22. The van der Waals surface area contributed by atoms with Gasteiger partial charge in [-0.1, -0.05) is 13.8 Å². The van der Waals surface area contributed by atoms with Crippen molar-refractivity contribution in [2.75, 3.05) is 6.54 Å². The Morgan fingerprint density at radius 1 is 1.69 bits per heavy atom. The number of carbonyl (C=O) groups is 1. The van der Waals surface area contributed by atoms with Gasteiger partial charge in [0, 0.05) is 24.7 Å². The number of hydrogen-bond donors (Lipinski definition) is 2. The van der Waals surface area contributed by atoms with Crippen LogP contribution in [0.3, 0.4) is 0 Å². The number of nitrogens with one attached hydrogen (secondary N) is 1. The van der Waals surface area contributed by atoms with Gasteiger partial charge in [0.15, 0.2) is 0 Å². The van der Waals surface area contributed by atoms with Gasteiger partial charge < -0.3 is 10.4 Å². The number of hydrogen-bond acceptors (Lipinski definition) is 3. The highest BCUT2D eigenvalue weighted by atomic mass is 16.3. The molecule has 1 amide bonds. The van der Waals surface area contributed by atoms with Crippen molar-refractivity contribution in [3.63, 3.8) is 0 Å². The molecule has 1 aromatic heterocycles. The molecule has 1 rings (SSSR count). The molecular formula is C11H19N3O2. The quantitative estimate of drug-likeness (QED) is 0.779. The summed E-state index contributed by atoms with van der Waals surface area (Å²) in [6.45, 7) is 5.47. The molecule has 0 radical (unpaired) electrons. The van der Waals surface area contributed by atoms with Gasteiger partial charge in [-0.15, -0.1) is 0 Å². The molecular weight excluding hydrogens is 206 g/mol. The molecule has 1 unspecified atom stereocenters. The molecule has 0 aliphatic carbocycles. The van der Waals surface area contributed by atoms with Crippen LogP contribution in [0.1, 0.15) is 26.3 Å². The summed E-state index contributed by atoms with van der Waals surface area (Å²) in [5.74, 6) is -0.145. The molecule has 0 saturated carbocycles. The normalized spacial score (nSPS) is 14.9. The molecule has 1 atom stereocenters. The van der Waals surface area contributed by atoms with Crippen molar-refractivity contribution in [3.8, 4) is 0 Å². The minimum absolute atomic E-state index is 0.0656. The molecule has 1 heterocycles. The van der Waals surface area contributed by atoms with Crippen LogP contribution in [-0.2, 0) is 17.4 Å². The Labute approximate surface area is 95.5 Å². The first-order valence-corrected chi connectivity index (χ1v) is 5.32. The zero-order chi connectivity index (χ0) is 12.3. The van der Waals surface area contributed by atoms with Gasteiger partial charge in [-0.05, 0) is 6.92 Å². The van der Waals surface area contributed by atoms with Gasteiger partial charge in [0.25, 0.3) is 0 Å². The van der Waals surface area contributed by atoms with E-state index in [2.05, 4.69) is 10.4 Å². The molecule has 90 valence electrons. The lowest BCUT2D eigenvalue weighted by atomic mass is 9.99. The van der Waals surface area contributed by atoms with Crippen LogP contribution in [0.15, 0.2) is 12.4 Å². The Bertz CT molecular complexity index is 369. The molecule has 0 spiro atoms. The van der Waals surface area contributed by atoms with E-state index in [9.17, 15) is 9.90 Å². The first-order chi connectivity index (χ1) is 7.33. The molecule has 16 heavy (non-hydrogen) atoms. The average Bonchev–Trinajstić information content (AvgIpc) is 2.61. The van der Waals surface area contributed by atoms with Crippen LogP contribution in [-0.4, -0.2) is 27.3 Å². The molecule has 5 nitrogen and oxygen atoms in total. The topological polar surface area (TPSA) is 67.2 Å². The van der Waals surface area contributed by atoms with E-state index in [0.29, 0.717) is 5.56 Å². The van der Waals surface area contributed by atoms with Crippen LogP contribution in [0, 0.1) is 5.92 Å². The van der Waals surface area contributed by atoms with E-state index in [1.807, 2.05) is 13.8 Å². The van der Waals surface area contributed by atoms with Crippen molar-refractivity contribution in [3.05, 3.63) is 18.0 Å². The molecule has 5 heteroatoms. The SMILES string of the molecule is CC(C)C(=O)NCC(C)(O)c1cnn(C)c1. The zero-order valence-electron chi connectivity index (χ0n) is 10.2. The summed E-state index contributed by atoms with van der Waals surface area (Å²) in [7, 11) is 1.78. The maximum atomic E-state index is 11.4. The largest absolute Gasteiger partial charge is 0.383 e. The number of aromatic nitrogens is 2. The van der Waals surface area contributed by atoms with Crippen LogP contribution in [0.2, 0.25) is 0 Å². The van der Waals surface area contributed by atoms with Crippen LogP contribution < -0.4 is 5.32 Å². The van der Waals surface area contributed by atoms with E-state index in [0.717, 1.165) is 0 Å². The van der Waals surface area contributed by atoms with Crippen LogP contribution in [0.4, 0.5) is 0 Å². The van der Waals surface area contributed by atoms with Gasteiger partial charge >= 0.3 is 0 Å². The highest BCUT2D eigenvalue weighted by molar-refractivity contribution is 5.77. The van der Waals surface area contributed by atoms with Crippen molar-refractivity contribution in [2.45, 2.75) is 26.4 Å². The summed E-state index contributed by atoms with van der Waals surface area (Å²) < 4.78 is 1.62. The summed E-state index contributed by atoms with van der Waals surface area (Å²) in [4.78, 5) is 11.4. The fourth-order valence-corrected chi connectivity index (χ4v) is 1.26. The number of amides is 1. The Morgan fingerprint density at radius 3 is 2.75 bits per heavy atom. The predicted molar refractivity (Wildman–Crippen MR) is 60.6 cm³/mol. The van der Waals surface area contributed by atoms with E-state index in [-0.39, 0.29) is 18.4 Å². The Balaban J connectivity index is 2.62. The molecule has 0 bridgehead atoms. The third kappa shape index (κ3) is 3.06. The van der Waals surface area contributed by atoms with E-state index < -0.39 is 5.60 Å². The average molecular weight is 225 g/mol. The highest BCUT2D eigenvalue weighted by Crippen LogP contribution is 2.18. The Morgan fingerprint density at radius 2 is 2.31 bits per heavy atom. The van der Waals surface area contributed by atoms with Gasteiger partial charge in [0.05, 0.1) is 12.7 Å². The molecule has 0 aromatic carbocycles. The van der Waals surface area contributed by atoms with E-state index >= 15 is 0 Å². The minimum Gasteiger partial charge on any atom is -0.383 e. The smallest absolute Gasteiger partial charge is 0.222 e. The Kier molecular flexibility index (Phi) is 3.70. The lowest BCUT2D eigenvalue weighted by molar-refractivity contribution is -0.125. The third-order valence-electron chi connectivity index (χ3n) is 2.46. The first kappa shape index (κ1) is 12.7. The molecule has 0 saturated heterocycles. The zero-order valence-corrected chi connectivity index (χ0v) is 10.2. The summed E-state index contributed by atoms with van der Waals surface area (Å²) in [5.41, 5.74) is -0.391. The number of carbonyl (C=O) groups excluding carboxylic acids is 1. The van der Waals surface area contributed by atoms with Crippen LogP contribution in [0.25, 0.3) is 0 Å².